The summed E-state index contributed by atoms with van der Waals surface area (Å²) in [5.41, 5.74) is 1.78. The average molecular weight is 351 g/mol. The molecule has 23 heavy (non-hydrogen) atoms. The Balaban J connectivity index is 1.77. The van der Waals surface area contributed by atoms with Crippen molar-refractivity contribution in [1.82, 2.24) is 0 Å². The Morgan fingerprint density at radius 2 is 1.87 bits per heavy atom. The maximum absolute atomic E-state index is 12.1. The molecule has 0 spiro atoms. The molecule has 1 saturated heterocycles. The normalized spacial score (nSPS) is 20.5. The highest BCUT2D eigenvalue weighted by molar-refractivity contribution is 6.42. The van der Waals surface area contributed by atoms with E-state index in [1.807, 2.05) is 18.2 Å². The molecule has 2 atom stereocenters. The summed E-state index contributed by atoms with van der Waals surface area (Å²) in [5.74, 6) is -0.159. The van der Waals surface area contributed by atoms with Crippen LogP contribution >= 0.6 is 23.2 Å². The molecule has 0 bridgehead atoms. The maximum atomic E-state index is 12.1. The van der Waals surface area contributed by atoms with Crippen LogP contribution < -0.4 is 0 Å². The summed E-state index contributed by atoms with van der Waals surface area (Å²) < 4.78 is 5.24. The molecule has 2 aromatic rings. The van der Waals surface area contributed by atoms with Crippen LogP contribution in [0.1, 0.15) is 11.1 Å². The van der Waals surface area contributed by atoms with Crippen molar-refractivity contribution in [3.63, 3.8) is 0 Å². The number of rotatable bonds is 4. The number of aromatic hydroxyl groups is 1. The lowest BCUT2D eigenvalue weighted by molar-refractivity contribution is -0.141. The molecule has 0 aromatic heterocycles. The fourth-order valence-corrected chi connectivity index (χ4v) is 3.26. The zero-order chi connectivity index (χ0) is 16.4. The number of phenols is 1. The molecule has 1 aliphatic rings. The summed E-state index contributed by atoms with van der Waals surface area (Å²) in [6.07, 6.45) is 1.15. The first-order chi connectivity index (χ1) is 11.0. The third kappa shape index (κ3) is 3.62. The second-order valence-electron chi connectivity index (χ2n) is 5.78. The zero-order valence-corrected chi connectivity index (χ0v) is 13.8. The molecule has 0 aliphatic carbocycles. The van der Waals surface area contributed by atoms with E-state index in [1.165, 1.54) is 0 Å². The van der Waals surface area contributed by atoms with Crippen molar-refractivity contribution in [3.8, 4) is 5.75 Å². The summed E-state index contributed by atoms with van der Waals surface area (Å²) in [6, 6.07) is 12.6. The van der Waals surface area contributed by atoms with Crippen molar-refractivity contribution in [3.05, 3.63) is 63.6 Å². The molecule has 1 aliphatic heterocycles. The number of hydrogen-bond donors (Lipinski definition) is 1. The highest BCUT2D eigenvalue weighted by atomic mass is 35.5. The SMILES string of the molecule is O=C1OC[C@H](Cc2ccccc2O)[C@H]1Cc1ccc(Cl)c(Cl)c1. The fraction of sp³-hybridized carbons (Fsp3) is 0.278. The lowest BCUT2D eigenvalue weighted by Crippen LogP contribution is -2.20. The predicted molar refractivity (Wildman–Crippen MR) is 89.9 cm³/mol. The monoisotopic (exact) mass is 350 g/mol. The van der Waals surface area contributed by atoms with Crippen LogP contribution in [-0.2, 0) is 22.4 Å². The number of halogens is 2. The van der Waals surface area contributed by atoms with Gasteiger partial charge < -0.3 is 9.84 Å². The van der Waals surface area contributed by atoms with E-state index in [2.05, 4.69) is 0 Å². The number of carbonyl (C=O) groups excluding carboxylic acids is 1. The van der Waals surface area contributed by atoms with E-state index in [9.17, 15) is 9.90 Å². The molecule has 1 heterocycles. The number of ether oxygens (including phenoxy) is 1. The van der Waals surface area contributed by atoms with Gasteiger partial charge >= 0.3 is 5.97 Å². The summed E-state index contributed by atoms with van der Waals surface area (Å²) in [7, 11) is 0. The highest BCUT2D eigenvalue weighted by Gasteiger charge is 2.37. The Morgan fingerprint density at radius 1 is 1.09 bits per heavy atom. The van der Waals surface area contributed by atoms with Gasteiger partial charge in [0.05, 0.1) is 22.6 Å². The van der Waals surface area contributed by atoms with Crippen molar-refractivity contribution in [2.75, 3.05) is 6.61 Å². The van der Waals surface area contributed by atoms with Gasteiger partial charge in [-0.2, -0.15) is 0 Å². The lowest BCUT2D eigenvalue weighted by Gasteiger charge is -2.16. The third-order valence-electron chi connectivity index (χ3n) is 4.22. The number of cyclic esters (lactones) is 1. The average Bonchev–Trinajstić information content (AvgIpc) is 2.86. The summed E-state index contributed by atoms with van der Waals surface area (Å²) in [5, 5.41) is 10.9. The maximum Gasteiger partial charge on any atom is 0.309 e. The second-order valence-corrected chi connectivity index (χ2v) is 6.60. The standard InChI is InChI=1S/C18H16Cl2O3/c19-15-6-5-11(8-16(15)20)7-14-13(10-23-18(14)22)9-12-3-1-2-4-17(12)21/h1-6,8,13-14,21H,7,9-10H2/t13-,14+/m0/s1. The van der Waals surface area contributed by atoms with Crippen LogP contribution in [-0.4, -0.2) is 17.7 Å². The topological polar surface area (TPSA) is 46.5 Å². The van der Waals surface area contributed by atoms with Crippen LogP contribution in [0.2, 0.25) is 10.0 Å². The number of benzene rings is 2. The number of carbonyl (C=O) groups is 1. The third-order valence-corrected chi connectivity index (χ3v) is 4.96. The molecule has 2 aromatic carbocycles. The molecule has 0 amide bonds. The molecule has 120 valence electrons. The number of phenolic OH excluding ortho intramolecular Hbond substituents is 1. The summed E-state index contributed by atoms with van der Waals surface area (Å²) in [4.78, 5) is 12.1. The van der Waals surface area contributed by atoms with Gasteiger partial charge in [-0.3, -0.25) is 4.79 Å². The molecule has 0 unspecified atom stereocenters. The van der Waals surface area contributed by atoms with E-state index < -0.39 is 0 Å². The number of esters is 1. The molecular formula is C18H16Cl2O3. The molecule has 1 fully saturated rings. The Morgan fingerprint density at radius 3 is 2.61 bits per heavy atom. The molecule has 3 rings (SSSR count). The second kappa shape index (κ2) is 6.81. The van der Waals surface area contributed by atoms with Crippen LogP contribution in [0.5, 0.6) is 5.75 Å². The van der Waals surface area contributed by atoms with Crippen molar-refractivity contribution in [2.24, 2.45) is 11.8 Å². The van der Waals surface area contributed by atoms with E-state index in [-0.39, 0.29) is 23.6 Å². The van der Waals surface area contributed by atoms with Gasteiger partial charge in [0.25, 0.3) is 0 Å². The van der Waals surface area contributed by atoms with Gasteiger partial charge in [-0.05, 0) is 42.2 Å². The van der Waals surface area contributed by atoms with Gasteiger partial charge in [0.15, 0.2) is 0 Å². The molecular weight excluding hydrogens is 335 g/mol. The van der Waals surface area contributed by atoms with Crippen LogP contribution in [0, 0.1) is 11.8 Å². The summed E-state index contributed by atoms with van der Waals surface area (Å²) in [6.45, 7) is 0.374. The predicted octanol–water partition coefficient (Wildman–Crippen LogP) is 4.27. The van der Waals surface area contributed by atoms with Gasteiger partial charge in [-0.15, -0.1) is 0 Å². The summed E-state index contributed by atoms with van der Waals surface area (Å²) >= 11 is 12.0. The van der Waals surface area contributed by atoms with Gasteiger partial charge in [0.2, 0.25) is 0 Å². The minimum Gasteiger partial charge on any atom is -0.508 e. The Bertz CT molecular complexity index is 730. The van der Waals surface area contributed by atoms with Crippen molar-refractivity contribution in [2.45, 2.75) is 12.8 Å². The van der Waals surface area contributed by atoms with Crippen molar-refractivity contribution in [1.29, 1.82) is 0 Å². The number of hydrogen-bond acceptors (Lipinski definition) is 3. The molecule has 5 heteroatoms. The van der Waals surface area contributed by atoms with E-state index >= 15 is 0 Å². The molecule has 0 saturated carbocycles. The van der Waals surface area contributed by atoms with E-state index in [0.717, 1.165) is 11.1 Å². The van der Waals surface area contributed by atoms with Crippen molar-refractivity contribution < 1.29 is 14.6 Å². The van der Waals surface area contributed by atoms with Crippen LogP contribution in [0.3, 0.4) is 0 Å². The van der Waals surface area contributed by atoms with Crippen LogP contribution in [0.15, 0.2) is 42.5 Å². The smallest absolute Gasteiger partial charge is 0.309 e. The first kappa shape index (κ1) is 16.2. The van der Waals surface area contributed by atoms with Gasteiger partial charge in [0, 0.05) is 5.92 Å². The van der Waals surface area contributed by atoms with E-state index in [4.69, 9.17) is 27.9 Å². The molecule has 0 radical (unpaired) electrons. The van der Waals surface area contributed by atoms with Crippen LogP contribution in [0.25, 0.3) is 0 Å². The Hall–Kier alpha value is -1.71. The van der Waals surface area contributed by atoms with E-state index in [0.29, 0.717) is 29.5 Å². The number of para-hydroxylation sites is 1. The highest BCUT2D eigenvalue weighted by Crippen LogP contribution is 2.32. The van der Waals surface area contributed by atoms with Gasteiger partial charge in [-0.1, -0.05) is 47.5 Å². The quantitative estimate of drug-likeness (QED) is 0.837. The van der Waals surface area contributed by atoms with Gasteiger partial charge in [-0.25, -0.2) is 0 Å². The van der Waals surface area contributed by atoms with Gasteiger partial charge in [0.1, 0.15) is 5.75 Å². The Labute approximate surface area is 144 Å². The minimum absolute atomic E-state index is 0.0326. The van der Waals surface area contributed by atoms with E-state index in [1.54, 1.807) is 24.3 Å². The Kier molecular flexibility index (Phi) is 4.79. The fourth-order valence-electron chi connectivity index (χ4n) is 2.94. The zero-order valence-electron chi connectivity index (χ0n) is 12.3. The van der Waals surface area contributed by atoms with Crippen LogP contribution in [0.4, 0.5) is 0 Å². The molecule has 3 nitrogen and oxygen atoms in total. The lowest BCUT2D eigenvalue weighted by atomic mass is 9.85. The first-order valence-electron chi connectivity index (χ1n) is 7.42. The molecule has 1 N–H and O–H groups in total. The largest absolute Gasteiger partial charge is 0.508 e. The minimum atomic E-state index is -0.244. The first-order valence-corrected chi connectivity index (χ1v) is 8.17. The van der Waals surface area contributed by atoms with Crippen molar-refractivity contribution >= 4 is 29.2 Å².